The van der Waals surface area contributed by atoms with Crippen molar-refractivity contribution in [2.24, 2.45) is 0 Å². The van der Waals surface area contributed by atoms with E-state index in [-0.39, 0.29) is 11.9 Å². The van der Waals surface area contributed by atoms with Gasteiger partial charge in [-0.15, -0.1) is 0 Å². The van der Waals surface area contributed by atoms with Crippen LogP contribution in [-0.2, 0) is 4.79 Å². The number of nitrogens with one attached hydrogen (secondary N) is 2. The van der Waals surface area contributed by atoms with Crippen LogP contribution in [0.15, 0.2) is 53.1 Å². The van der Waals surface area contributed by atoms with E-state index in [0.29, 0.717) is 31.3 Å². The number of aryl methyl sites for hydroxylation is 1. The zero-order chi connectivity index (χ0) is 21.2. The topological polar surface area (TPSA) is 78.0 Å². The summed E-state index contributed by atoms with van der Waals surface area (Å²) in [5, 5.41) is 6.94. The highest BCUT2D eigenvalue weighted by Gasteiger charge is 2.32. The highest BCUT2D eigenvalue weighted by Crippen LogP contribution is 2.33. The van der Waals surface area contributed by atoms with Gasteiger partial charge in [0, 0.05) is 30.0 Å². The SMILES string of the molecule is Cc1ccc(-c2cc(NC(=O)C[NH+]3CCC[C@H]3c3ccc4c(c3)OCCO4)on2)cc1. The van der Waals surface area contributed by atoms with E-state index in [2.05, 4.69) is 22.6 Å². The molecule has 1 amide bonds. The van der Waals surface area contributed by atoms with Gasteiger partial charge in [-0.25, -0.2) is 0 Å². The third-order valence-electron chi connectivity index (χ3n) is 5.96. The Bertz CT molecular complexity index is 1080. The first-order valence-electron chi connectivity index (χ1n) is 10.7. The molecule has 1 aromatic heterocycles. The Morgan fingerprint density at radius 1 is 1.10 bits per heavy atom. The quantitative estimate of drug-likeness (QED) is 0.664. The molecule has 1 saturated heterocycles. The molecule has 0 bridgehead atoms. The number of quaternary nitrogens is 1. The first-order valence-corrected chi connectivity index (χ1v) is 10.7. The number of hydrogen-bond acceptors (Lipinski definition) is 5. The molecule has 3 aromatic rings. The number of benzene rings is 2. The molecule has 2 N–H and O–H groups in total. The van der Waals surface area contributed by atoms with Crippen LogP contribution in [-0.4, -0.2) is 37.4 Å². The lowest BCUT2D eigenvalue weighted by molar-refractivity contribution is -0.910. The van der Waals surface area contributed by atoms with Crippen LogP contribution in [0.25, 0.3) is 11.3 Å². The summed E-state index contributed by atoms with van der Waals surface area (Å²) in [5.41, 5.74) is 4.03. The molecule has 3 heterocycles. The summed E-state index contributed by atoms with van der Waals surface area (Å²) in [7, 11) is 0. The number of aromatic nitrogens is 1. The number of anilines is 1. The average Bonchev–Trinajstić information content (AvgIpc) is 3.43. The lowest BCUT2D eigenvalue weighted by Crippen LogP contribution is -3.11. The number of fused-ring (bicyclic) bond motifs is 1. The number of likely N-dealkylation sites (tertiary alicyclic amines) is 1. The van der Waals surface area contributed by atoms with Crippen LogP contribution in [0.3, 0.4) is 0 Å². The molecule has 1 unspecified atom stereocenters. The van der Waals surface area contributed by atoms with Gasteiger partial charge in [-0.05, 0) is 25.1 Å². The molecule has 2 aliphatic rings. The molecule has 5 rings (SSSR count). The zero-order valence-electron chi connectivity index (χ0n) is 17.5. The van der Waals surface area contributed by atoms with E-state index in [1.165, 1.54) is 16.0 Å². The van der Waals surface area contributed by atoms with Crippen molar-refractivity contribution in [1.82, 2.24) is 5.16 Å². The number of nitrogens with zero attached hydrogens (tertiary/aromatic N) is 1. The molecular weight excluding hydrogens is 394 g/mol. The fourth-order valence-electron chi connectivity index (χ4n) is 4.38. The van der Waals surface area contributed by atoms with E-state index < -0.39 is 0 Å². The van der Waals surface area contributed by atoms with Crippen molar-refractivity contribution >= 4 is 11.8 Å². The van der Waals surface area contributed by atoms with Gasteiger partial charge in [-0.2, -0.15) is 0 Å². The molecule has 7 nitrogen and oxygen atoms in total. The number of amides is 1. The summed E-state index contributed by atoms with van der Waals surface area (Å²) in [6.07, 6.45) is 2.13. The number of carbonyl (C=O) groups is 1. The predicted molar refractivity (Wildman–Crippen MR) is 115 cm³/mol. The number of hydrogen-bond donors (Lipinski definition) is 2. The first-order chi connectivity index (χ1) is 15.2. The van der Waals surface area contributed by atoms with Crippen LogP contribution in [0.5, 0.6) is 11.5 Å². The third-order valence-corrected chi connectivity index (χ3v) is 5.96. The average molecular weight is 420 g/mol. The lowest BCUT2D eigenvalue weighted by Gasteiger charge is -2.23. The Kier molecular flexibility index (Phi) is 5.34. The maximum absolute atomic E-state index is 12.7. The van der Waals surface area contributed by atoms with E-state index in [4.69, 9.17) is 14.0 Å². The van der Waals surface area contributed by atoms with E-state index >= 15 is 0 Å². The smallest absolute Gasteiger partial charge is 0.281 e. The van der Waals surface area contributed by atoms with Crippen LogP contribution < -0.4 is 19.7 Å². The van der Waals surface area contributed by atoms with Gasteiger partial charge in [0.15, 0.2) is 18.0 Å². The Morgan fingerprint density at radius 2 is 1.90 bits per heavy atom. The molecule has 0 spiro atoms. The van der Waals surface area contributed by atoms with E-state index in [1.807, 2.05) is 37.3 Å². The fraction of sp³-hybridized carbons (Fsp3) is 0.333. The zero-order valence-corrected chi connectivity index (χ0v) is 17.5. The molecule has 7 heteroatoms. The molecule has 160 valence electrons. The number of carbonyl (C=O) groups excluding carboxylic acids is 1. The normalized spacial score (nSPS) is 19.9. The molecule has 0 radical (unpaired) electrons. The Morgan fingerprint density at radius 3 is 2.74 bits per heavy atom. The van der Waals surface area contributed by atoms with Crippen LogP contribution in [0.1, 0.15) is 30.0 Å². The predicted octanol–water partition coefficient (Wildman–Crippen LogP) is 2.78. The minimum Gasteiger partial charge on any atom is -0.486 e. The van der Waals surface area contributed by atoms with E-state index in [1.54, 1.807) is 6.07 Å². The Labute approximate surface area is 180 Å². The fourth-order valence-corrected chi connectivity index (χ4v) is 4.38. The standard InChI is InChI=1S/C24H25N3O4/c1-16-4-6-17(7-5-16)19-14-24(31-26-19)25-23(28)15-27-10-2-3-20(27)18-8-9-21-22(13-18)30-12-11-29-21/h4-9,13-14,20H,2-3,10-12,15H2,1H3,(H,25,28)/p+1/t20-/m0/s1. The first kappa shape index (κ1) is 19.6. The van der Waals surface area contributed by atoms with Crippen LogP contribution >= 0.6 is 0 Å². The van der Waals surface area contributed by atoms with E-state index in [0.717, 1.165) is 36.4 Å². The van der Waals surface area contributed by atoms with Gasteiger partial charge in [0.2, 0.25) is 5.88 Å². The van der Waals surface area contributed by atoms with Crippen molar-refractivity contribution in [2.45, 2.75) is 25.8 Å². The van der Waals surface area contributed by atoms with Crippen molar-refractivity contribution in [3.63, 3.8) is 0 Å². The van der Waals surface area contributed by atoms with Gasteiger partial charge in [0.1, 0.15) is 24.9 Å². The summed E-state index contributed by atoms with van der Waals surface area (Å²) in [6.45, 7) is 4.52. The van der Waals surface area contributed by atoms with Gasteiger partial charge in [-0.1, -0.05) is 35.0 Å². The van der Waals surface area contributed by atoms with Crippen LogP contribution in [0, 0.1) is 6.92 Å². The molecule has 0 saturated carbocycles. The summed E-state index contributed by atoms with van der Waals surface area (Å²) in [5.74, 6) is 1.88. The second-order valence-corrected chi connectivity index (χ2v) is 8.17. The second kappa shape index (κ2) is 8.43. The summed E-state index contributed by atoms with van der Waals surface area (Å²) < 4.78 is 16.7. The number of ether oxygens (including phenoxy) is 2. The van der Waals surface area contributed by atoms with Gasteiger partial charge >= 0.3 is 0 Å². The van der Waals surface area contributed by atoms with E-state index in [9.17, 15) is 4.79 Å². The molecular formula is C24H26N3O4+. The van der Waals surface area contributed by atoms with Gasteiger partial charge < -0.3 is 18.9 Å². The highest BCUT2D eigenvalue weighted by molar-refractivity contribution is 5.90. The van der Waals surface area contributed by atoms with Gasteiger partial charge in [0.05, 0.1) is 6.54 Å². The summed E-state index contributed by atoms with van der Waals surface area (Å²) in [6, 6.07) is 16.2. The summed E-state index contributed by atoms with van der Waals surface area (Å²) in [4.78, 5) is 13.9. The largest absolute Gasteiger partial charge is 0.486 e. The van der Waals surface area contributed by atoms with Gasteiger partial charge in [0.25, 0.3) is 5.91 Å². The van der Waals surface area contributed by atoms with Crippen LogP contribution in [0.4, 0.5) is 5.88 Å². The summed E-state index contributed by atoms with van der Waals surface area (Å²) >= 11 is 0. The van der Waals surface area contributed by atoms with Crippen molar-refractivity contribution in [3.05, 3.63) is 59.7 Å². The Hall–Kier alpha value is -3.32. The number of rotatable bonds is 5. The maximum Gasteiger partial charge on any atom is 0.281 e. The molecule has 2 aromatic carbocycles. The molecule has 31 heavy (non-hydrogen) atoms. The molecule has 2 atom stereocenters. The maximum atomic E-state index is 12.7. The highest BCUT2D eigenvalue weighted by atomic mass is 16.6. The lowest BCUT2D eigenvalue weighted by atomic mass is 10.0. The van der Waals surface area contributed by atoms with Crippen molar-refractivity contribution in [2.75, 3.05) is 31.6 Å². The third kappa shape index (κ3) is 4.27. The van der Waals surface area contributed by atoms with Crippen molar-refractivity contribution in [1.29, 1.82) is 0 Å². The Balaban J connectivity index is 1.23. The minimum absolute atomic E-state index is 0.0777. The van der Waals surface area contributed by atoms with Gasteiger partial charge in [-0.3, -0.25) is 10.1 Å². The molecule has 0 aliphatic carbocycles. The van der Waals surface area contributed by atoms with Crippen molar-refractivity contribution < 1.29 is 23.7 Å². The molecule has 1 fully saturated rings. The second-order valence-electron chi connectivity index (χ2n) is 8.17. The monoisotopic (exact) mass is 420 g/mol. The van der Waals surface area contributed by atoms with Crippen molar-refractivity contribution in [3.8, 4) is 22.8 Å². The molecule has 2 aliphatic heterocycles. The van der Waals surface area contributed by atoms with Crippen LogP contribution in [0.2, 0.25) is 0 Å². The minimum atomic E-state index is -0.0777.